The number of amides is 1. The monoisotopic (exact) mass is 457 g/mol. The zero-order valence-corrected chi connectivity index (χ0v) is 20.2. The van der Waals surface area contributed by atoms with Crippen LogP contribution in [0.15, 0.2) is 36.4 Å². The molecule has 172 valence electrons. The molecule has 32 heavy (non-hydrogen) atoms. The molecule has 0 aliphatic carbocycles. The minimum absolute atomic E-state index is 0.181. The molecular formula is C26H32FNO3S. The van der Waals surface area contributed by atoms with Crippen molar-refractivity contribution >= 4 is 17.9 Å². The van der Waals surface area contributed by atoms with E-state index in [1.807, 2.05) is 51.3 Å². The summed E-state index contributed by atoms with van der Waals surface area (Å²) in [7, 11) is 0. The van der Waals surface area contributed by atoms with Crippen LogP contribution in [-0.2, 0) is 16.9 Å². The molecule has 1 amide bonds. The maximum absolute atomic E-state index is 14.7. The van der Waals surface area contributed by atoms with Gasteiger partial charge in [0.1, 0.15) is 22.8 Å². The minimum Gasteiger partial charge on any atom is -0.487 e. The van der Waals surface area contributed by atoms with Crippen molar-refractivity contribution in [3.63, 3.8) is 0 Å². The quantitative estimate of drug-likeness (QED) is 0.531. The van der Waals surface area contributed by atoms with E-state index in [1.54, 1.807) is 22.7 Å². The number of hydrogen-bond acceptors (Lipinski definition) is 4. The number of halogens is 1. The van der Waals surface area contributed by atoms with Crippen LogP contribution in [0.2, 0.25) is 0 Å². The van der Waals surface area contributed by atoms with Gasteiger partial charge in [-0.1, -0.05) is 18.2 Å². The average Bonchev–Trinajstić information content (AvgIpc) is 2.73. The number of piperidine rings is 1. The number of fused-ring (bicyclic) bond motifs is 1. The van der Waals surface area contributed by atoms with Gasteiger partial charge in [-0.15, -0.1) is 0 Å². The molecule has 4 nitrogen and oxygen atoms in total. The predicted octanol–water partition coefficient (Wildman–Crippen LogP) is 6.45. The number of carbonyl (C=O) groups excluding carboxylic acids is 1. The summed E-state index contributed by atoms with van der Waals surface area (Å²) in [5.74, 6) is 1.51. The fourth-order valence-electron chi connectivity index (χ4n) is 4.51. The number of aryl methyl sites for hydroxylation is 1. The molecule has 0 N–H and O–H groups in total. The van der Waals surface area contributed by atoms with Gasteiger partial charge >= 0.3 is 6.09 Å². The largest absolute Gasteiger partial charge is 0.487 e. The van der Waals surface area contributed by atoms with Gasteiger partial charge in [0.2, 0.25) is 0 Å². The lowest BCUT2D eigenvalue weighted by Crippen LogP contribution is -2.52. The van der Waals surface area contributed by atoms with Crippen LogP contribution in [0, 0.1) is 5.82 Å². The third-order valence-electron chi connectivity index (χ3n) is 6.22. The third kappa shape index (κ3) is 5.06. The number of thioether (sulfide) groups is 1. The number of rotatable bonds is 3. The Kier molecular flexibility index (Phi) is 6.44. The average molecular weight is 458 g/mol. The van der Waals surface area contributed by atoms with Crippen molar-refractivity contribution in [3.05, 3.63) is 53.3 Å². The highest BCUT2D eigenvalue weighted by molar-refractivity contribution is 7.97. The Balaban J connectivity index is 1.44. The number of nitrogens with zero attached hydrogens (tertiary/aromatic N) is 1. The number of benzene rings is 2. The van der Waals surface area contributed by atoms with Gasteiger partial charge in [0.25, 0.3) is 0 Å². The topological polar surface area (TPSA) is 38.8 Å². The summed E-state index contributed by atoms with van der Waals surface area (Å²) in [4.78, 5) is 14.2. The van der Waals surface area contributed by atoms with E-state index >= 15 is 0 Å². The molecule has 0 aromatic heterocycles. The number of hydrogen-bond donors (Lipinski definition) is 0. The van der Waals surface area contributed by atoms with Crippen molar-refractivity contribution in [2.24, 2.45) is 0 Å². The van der Waals surface area contributed by atoms with Gasteiger partial charge in [-0.3, -0.25) is 0 Å². The van der Waals surface area contributed by atoms with Crippen LogP contribution in [0.1, 0.15) is 51.2 Å². The summed E-state index contributed by atoms with van der Waals surface area (Å²) in [6.45, 7) is 6.93. The van der Waals surface area contributed by atoms with Gasteiger partial charge in [-0.05, 0) is 74.8 Å². The first-order valence-electron chi connectivity index (χ1n) is 11.3. The van der Waals surface area contributed by atoms with Gasteiger partial charge in [0.05, 0.1) is 0 Å². The van der Waals surface area contributed by atoms with Gasteiger partial charge in [-0.2, -0.15) is 11.8 Å². The SMILES string of the molecule is CSCc1ccc(-c2ccc3c(c2)CCC2(CCN(C(=O)OC(C)(C)C)CC2)O3)c(F)c1. The van der Waals surface area contributed by atoms with Gasteiger partial charge in [0, 0.05) is 37.2 Å². The van der Waals surface area contributed by atoms with E-state index in [1.165, 1.54) is 0 Å². The van der Waals surface area contributed by atoms with Gasteiger partial charge < -0.3 is 14.4 Å². The van der Waals surface area contributed by atoms with E-state index in [2.05, 4.69) is 6.07 Å². The lowest BCUT2D eigenvalue weighted by atomic mass is 9.82. The second kappa shape index (κ2) is 8.97. The van der Waals surface area contributed by atoms with Crippen LogP contribution in [0.3, 0.4) is 0 Å². The maximum atomic E-state index is 14.7. The van der Waals surface area contributed by atoms with Gasteiger partial charge in [-0.25, -0.2) is 9.18 Å². The van der Waals surface area contributed by atoms with E-state index in [-0.39, 0.29) is 17.5 Å². The Labute approximate surface area is 194 Å². The lowest BCUT2D eigenvalue weighted by Gasteiger charge is -2.44. The van der Waals surface area contributed by atoms with Crippen molar-refractivity contribution in [1.82, 2.24) is 4.90 Å². The summed E-state index contributed by atoms with van der Waals surface area (Å²) in [5.41, 5.74) is 2.91. The molecule has 0 bridgehead atoms. The Hall–Kier alpha value is -2.21. The van der Waals surface area contributed by atoms with Crippen molar-refractivity contribution in [2.75, 3.05) is 19.3 Å². The Morgan fingerprint density at radius 2 is 1.91 bits per heavy atom. The molecule has 2 aromatic rings. The second-order valence-corrected chi connectivity index (χ2v) is 10.7. The molecule has 0 atom stereocenters. The third-order valence-corrected chi connectivity index (χ3v) is 6.84. The molecule has 0 unspecified atom stereocenters. The molecule has 0 radical (unpaired) electrons. The molecule has 2 aliphatic rings. The highest BCUT2D eigenvalue weighted by Gasteiger charge is 2.41. The van der Waals surface area contributed by atoms with Crippen molar-refractivity contribution in [2.45, 2.75) is 63.4 Å². The van der Waals surface area contributed by atoms with E-state index in [0.717, 1.165) is 53.9 Å². The molecule has 2 aliphatic heterocycles. The molecule has 2 heterocycles. The molecular weight excluding hydrogens is 425 g/mol. The molecule has 6 heteroatoms. The smallest absolute Gasteiger partial charge is 0.410 e. The Morgan fingerprint density at radius 1 is 1.16 bits per heavy atom. The predicted molar refractivity (Wildman–Crippen MR) is 128 cm³/mol. The zero-order valence-electron chi connectivity index (χ0n) is 19.4. The fourth-order valence-corrected chi connectivity index (χ4v) is 5.03. The number of likely N-dealkylation sites (tertiary alicyclic amines) is 1. The molecule has 2 aromatic carbocycles. The van der Waals surface area contributed by atoms with Crippen LogP contribution >= 0.6 is 11.8 Å². The highest BCUT2D eigenvalue weighted by Crippen LogP contribution is 2.41. The maximum Gasteiger partial charge on any atom is 0.410 e. The van der Waals surface area contributed by atoms with Crippen molar-refractivity contribution in [3.8, 4) is 16.9 Å². The first kappa shape index (κ1) is 23.0. The summed E-state index contributed by atoms with van der Waals surface area (Å²) in [6, 6.07) is 11.5. The molecule has 1 saturated heterocycles. The first-order valence-corrected chi connectivity index (χ1v) is 12.7. The Morgan fingerprint density at radius 3 is 2.56 bits per heavy atom. The second-order valence-electron chi connectivity index (χ2n) is 9.82. The Bertz CT molecular complexity index is 993. The lowest BCUT2D eigenvalue weighted by molar-refractivity contribution is -0.0272. The summed E-state index contributed by atoms with van der Waals surface area (Å²) in [6.07, 6.45) is 5.14. The number of carbonyl (C=O) groups is 1. The molecule has 1 spiro atoms. The standard InChI is InChI=1S/C26H32FNO3S/c1-25(2,3)31-24(29)28-13-11-26(12-14-28)10-9-20-16-19(6-8-23(20)30-26)21-7-5-18(17-32-4)15-22(21)27/h5-8,15-16H,9-14,17H2,1-4H3. The van der Waals surface area contributed by atoms with Crippen LogP contribution in [0.4, 0.5) is 9.18 Å². The molecule has 4 rings (SSSR count). The van der Waals surface area contributed by atoms with E-state index in [9.17, 15) is 9.18 Å². The summed E-state index contributed by atoms with van der Waals surface area (Å²) >= 11 is 1.69. The normalized spacial score (nSPS) is 17.6. The fraction of sp³-hybridized carbons (Fsp3) is 0.500. The summed E-state index contributed by atoms with van der Waals surface area (Å²) < 4.78 is 26.7. The van der Waals surface area contributed by atoms with Crippen molar-refractivity contribution < 1.29 is 18.7 Å². The van der Waals surface area contributed by atoms with E-state index in [0.29, 0.717) is 18.7 Å². The van der Waals surface area contributed by atoms with Gasteiger partial charge in [0.15, 0.2) is 0 Å². The van der Waals surface area contributed by atoms with Crippen LogP contribution in [-0.4, -0.2) is 41.5 Å². The van der Waals surface area contributed by atoms with E-state index < -0.39 is 5.60 Å². The first-order chi connectivity index (χ1) is 15.2. The van der Waals surface area contributed by atoms with Crippen molar-refractivity contribution in [1.29, 1.82) is 0 Å². The van der Waals surface area contributed by atoms with E-state index in [4.69, 9.17) is 9.47 Å². The zero-order chi connectivity index (χ0) is 22.9. The van der Waals surface area contributed by atoms with Crippen LogP contribution in [0.5, 0.6) is 5.75 Å². The molecule has 1 fully saturated rings. The van der Waals surface area contributed by atoms with Crippen LogP contribution < -0.4 is 4.74 Å². The van der Waals surface area contributed by atoms with Crippen LogP contribution in [0.25, 0.3) is 11.1 Å². The number of ether oxygens (including phenoxy) is 2. The highest BCUT2D eigenvalue weighted by atomic mass is 32.2. The summed E-state index contributed by atoms with van der Waals surface area (Å²) in [5, 5.41) is 0. The molecule has 0 saturated carbocycles. The minimum atomic E-state index is -0.487.